The second-order valence-electron chi connectivity index (χ2n) is 5.99. The van der Waals surface area contributed by atoms with E-state index in [2.05, 4.69) is 0 Å². The predicted molar refractivity (Wildman–Crippen MR) is 79.4 cm³/mol. The average molecular weight is 280 g/mol. The molecular formula is C14H21BO3S. The molecule has 19 heavy (non-hydrogen) atoms. The third kappa shape index (κ3) is 2.51. The first-order valence-electron chi connectivity index (χ1n) is 6.67. The summed E-state index contributed by atoms with van der Waals surface area (Å²) in [6, 6.07) is 1.92. The van der Waals surface area contributed by atoms with Crippen LogP contribution in [0, 0.1) is 6.92 Å². The van der Waals surface area contributed by atoms with Crippen molar-refractivity contribution in [3.63, 3.8) is 0 Å². The van der Waals surface area contributed by atoms with E-state index in [1.54, 1.807) is 0 Å². The van der Waals surface area contributed by atoms with Crippen LogP contribution in [0.4, 0.5) is 0 Å². The summed E-state index contributed by atoms with van der Waals surface area (Å²) in [7, 11) is -0.375. The number of ketones is 1. The summed E-state index contributed by atoms with van der Waals surface area (Å²) in [4.78, 5) is 13.7. The summed E-state index contributed by atoms with van der Waals surface area (Å²) in [6.07, 6.45) is 0.531. The van der Waals surface area contributed by atoms with Gasteiger partial charge < -0.3 is 9.31 Å². The van der Waals surface area contributed by atoms with Crippen LogP contribution in [-0.2, 0) is 9.31 Å². The molecule has 0 radical (unpaired) electrons. The van der Waals surface area contributed by atoms with Crippen LogP contribution in [0.5, 0.6) is 0 Å². The van der Waals surface area contributed by atoms with Gasteiger partial charge in [-0.25, -0.2) is 0 Å². The number of hydrogen-bond donors (Lipinski definition) is 0. The lowest BCUT2D eigenvalue weighted by Crippen LogP contribution is -2.41. The highest BCUT2D eigenvalue weighted by molar-refractivity contribution is 7.15. The molecule has 2 rings (SSSR count). The monoisotopic (exact) mass is 280 g/mol. The lowest BCUT2D eigenvalue weighted by atomic mass is 9.79. The van der Waals surface area contributed by atoms with Crippen molar-refractivity contribution in [3.05, 3.63) is 15.8 Å². The van der Waals surface area contributed by atoms with Gasteiger partial charge in [0.25, 0.3) is 0 Å². The molecule has 2 heterocycles. The fraction of sp³-hybridized carbons (Fsp3) is 0.643. The number of aryl methyl sites for hydroxylation is 1. The standard InChI is InChI=1S/C14H21BO3S/c1-7-11(16)12-8-10(9(2)19-12)15-17-13(3,4)14(5,6)18-15/h8H,7H2,1-6H3. The topological polar surface area (TPSA) is 35.5 Å². The van der Waals surface area contributed by atoms with Gasteiger partial charge in [-0.15, -0.1) is 11.3 Å². The number of thiophene rings is 1. The second kappa shape index (κ2) is 4.72. The molecule has 0 spiro atoms. The molecule has 0 atom stereocenters. The maximum absolute atomic E-state index is 11.8. The van der Waals surface area contributed by atoms with Crippen molar-refractivity contribution < 1.29 is 14.1 Å². The van der Waals surface area contributed by atoms with Gasteiger partial charge in [-0.05, 0) is 46.1 Å². The van der Waals surface area contributed by atoms with Crippen molar-refractivity contribution in [3.8, 4) is 0 Å². The number of Topliss-reactive ketones (excluding diaryl/α,β-unsaturated/α-hetero) is 1. The van der Waals surface area contributed by atoms with Crippen LogP contribution in [0.3, 0.4) is 0 Å². The molecule has 1 saturated heterocycles. The van der Waals surface area contributed by atoms with Gasteiger partial charge in [-0.1, -0.05) is 6.92 Å². The first-order valence-corrected chi connectivity index (χ1v) is 7.49. The molecular weight excluding hydrogens is 259 g/mol. The molecule has 0 aliphatic carbocycles. The Morgan fingerprint density at radius 1 is 1.26 bits per heavy atom. The lowest BCUT2D eigenvalue weighted by Gasteiger charge is -2.32. The quantitative estimate of drug-likeness (QED) is 0.631. The van der Waals surface area contributed by atoms with E-state index in [0.29, 0.717) is 6.42 Å². The molecule has 104 valence electrons. The Kier molecular flexibility index (Phi) is 3.67. The highest BCUT2D eigenvalue weighted by Gasteiger charge is 2.52. The Morgan fingerprint density at radius 2 is 1.79 bits per heavy atom. The van der Waals surface area contributed by atoms with Crippen LogP contribution in [0.1, 0.15) is 55.6 Å². The summed E-state index contributed by atoms with van der Waals surface area (Å²) < 4.78 is 12.1. The largest absolute Gasteiger partial charge is 0.495 e. The van der Waals surface area contributed by atoms with Crippen molar-refractivity contribution in [2.75, 3.05) is 0 Å². The normalized spacial score (nSPS) is 20.8. The van der Waals surface area contributed by atoms with Crippen molar-refractivity contribution in [1.29, 1.82) is 0 Å². The van der Waals surface area contributed by atoms with E-state index in [1.165, 1.54) is 11.3 Å². The minimum absolute atomic E-state index is 0.177. The van der Waals surface area contributed by atoms with Gasteiger partial charge in [-0.2, -0.15) is 0 Å². The average Bonchev–Trinajstić information content (AvgIpc) is 2.77. The Balaban J connectivity index is 2.30. The maximum Gasteiger partial charge on any atom is 0.495 e. The summed E-state index contributed by atoms with van der Waals surface area (Å²) in [5.41, 5.74) is 0.294. The maximum atomic E-state index is 11.8. The number of rotatable bonds is 3. The molecule has 5 heteroatoms. The summed E-state index contributed by atoms with van der Waals surface area (Å²) >= 11 is 1.52. The van der Waals surface area contributed by atoms with Crippen LogP contribution >= 0.6 is 11.3 Å². The highest BCUT2D eigenvalue weighted by Crippen LogP contribution is 2.37. The molecule has 1 aliphatic heterocycles. The smallest absolute Gasteiger partial charge is 0.399 e. The van der Waals surface area contributed by atoms with Crippen molar-refractivity contribution in [1.82, 2.24) is 0 Å². The number of hydrogen-bond acceptors (Lipinski definition) is 4. The van der Waals surface area contributed by atoms with Crippen LogP contribution in [0.15, 0.2) is 6.07 Å². The third-order valence-electron chi connectivity index (χ3n) is 4.06. The van der Waals surface area contributed by atoms with Gasteiger partial charge in [0.15, 0.2) is 5.78 Å². The zero-order chi connectivity index (χ0) is 14.4. The Hall–Kier alpha value is -0.645. The van der Waals surface area contributed by atoms with Crippen molar-refractivity contribution in [2.24, 2.45) is 0 Å². The molecule has 0 amide bonds. The van der Waals surface area contributed by atoms with E-state index in [4.69, 9.17) is 9.31 Å². The number of carbonyl (C=O) groups excluding carboxylic acids is 1. The molecule has 1 aromatic rings. The minimum Gasteiger partial charge on any atom is -0.399 e. The van der Waals surface area contributed by atoms with E-state index in [9.17, 15) is 4.79 Å². The molecule has 0 unspecified atom stereocenters. The van der Waals surface area contributed by atoms with Gasteiger partial charge in [0, 0.05) is 11.3 Å². The van der Waals surface area contributed by atoms with Gasteiger partial charge in [-0.3, -0.25) is 4.79 Å². The second-order valence-corrected chi connectivity index (χ2v) is 7.24. The van der Waals surface area contributed by atoms with E-state index in [0.717, 1.165) is 15.2 Å². The first kappa shape index (κ1) is 14.8. The molecule has 1 fully saturated rings. The first-order chi connectivity index (χ1) is 8.68. The molecule has 0 aromatic carbocycles. The zero-order valence-corrected chi connectivity index (χ0v) is 13.3. The summed E-state index contributed by atoms with van der Waals surface area (Å²) in [5, 5.41) is 0. The fourth-order valence-corrected chi connectivity index (χ4v) is 3.06. The van der Waals surface area contributed by atoms with Gasteiger partial charge in [0.2, 0.25) is 0 Å². The van der Waals surface area contributed by atoms with Crippen LogP contribution in [0.25, 0.3) is 0 Å². The van der Waals surface area contributed by atoms with E-state index < -0.39 is 0 Å². The van der Waals surface area contributed by atoms with Crippen molar-refractivity contribution in [2.45, 2.75) is 59.2 Å². The number of carbonyl (C=O) groups is 1. The Bertz CT molecular complexity index is 489. The molecule has 3 nitrogen and oxygen atoms in total. The van der Waals surface area contributed by atoms with E-state index in [-0.39, 0.29) is 24.1 Å². The lowest BCUT2D eigenvalue weighted by molar-refractivity contribution is 0.00578. The molecule has 1 aromatic heterocycles. The zero-order valence-electron chi connectivity index (χ0n) is 12.5. The fourth-order valence-electron chi connectivity index (χ4n) is 2.01. The Morgan fingerprint density at radius 3 is 2.26 bits per heavy atom. The summed E-state index contributed by atoms with van der Waals surface area (Å²) in [6.45, 7) is 12.0. The van der Waals surface area contributed by atoms with Crippen LogP contribution < -0.4 is 5.46 Å². The Labute approximate surface area is 119 Å². The van der Waals surface area contributed by atoms with Gasteiger partial charge in [0.05, 0.1) is 16.1 Å². The van der Waals surface area contributed by atoms with E-state index >= 15 is 0 Å². The van der Waals surface area contributed by atoms with E-state index in [1.807, 2.05) is 47.6 Å². The highest BCUT2D eigenvalue weighted by atomic mass is 32.1. The van der Waals surface area contributed by atoms with Crippen LogP contribution in [-0.4, -0.2) is 24.1 Å². The van der Waals surface area contributed by atoms with Crippen molar-refractivity contribution >= 4 is 29.7 Å². The van der Waals surface area contributed by atoms with Crippen LogP contribution in [0.2, 0.25) is 0 Å². The molecule has 0 N–H and O–H groups in total. The SMILES string of the molecule is CCC(=O)c1cc(B2OC(C)(C)C(C)(C)O2)c(C)s1. The minimum atomic E-state index is -0.375. The van der Waals surface area contributed by atoms with Gasteiger partial charge in [0.1, 0.15) is 0 Å². The molecule has 1 aliphatic rings. The molecule has 0 bridgehead atoms. The third-order valence-corrected chi connectivity index (χ3v) is 5.17. The predicted octanol–water partition coefficient (Wildman–Crippen LogP) is 2.95. The summed E-state index contributed by atoms with van der Waals surface area (Å²) in [5.74, 6) is 0.177. The molecule has 0 saturated carbocycles. The van der Waals surface area contributed by atoms with Gasteiger partial charge >= 0.3 is 7.12 Å².